The van der Waals surface area contributed by atoms with E-state index in [-0.39, 0.29) is 10.8 Å². The highest BCUT2D eigenvalue weighted by Crippen LogP contribution is 2.57. The first-order valence-corrected chi connectivity index (χ1v) is 10.6. The molecular weight excluding hydrogens is 314 g/mol. The average molecular weight is 350 g/mol. The van der Waals surface area contributed by atoms with E-state index < -0.39 is 0 Å². The van der Waals surface area contributed by atoms with Crippen molar-refractivity contribution in [1.29, 1.82) is 0 Å². The predicted octanol–water partition coefficient (Wildman–Crippen LogP) is 6.60. The smallest absolute Gasteiger partial charge is 0.0541 e. The maximum Gasteiger partial charge on any atom is 0.0541 e. The van der Waals surface area contributed by atoms with Crippen molar-refractivity contribution < 1.29 is 0 Å². The number of allylic oxidation sites excluding steroid dienone is 2. The highest BCUT2D eigenvalue weighted by Gasteiger charge is 2.51. The Morgan fingerprint density at radius 3 is 2.35 bits per heavy atom. The second-order valence-electron chi connectivity index (χ2n) is 9.82. The number of anilines is 1. The maximum absolute atomic E-state index is 2.56. The average Bonchev–Trinajstić information content (AvgIpc) is 2.71. The van der Waals surface area contributed by atoms with Gasteiger partial charge in [0.25, 0.3) is 0 Å². The molecule has 2 unspecified atom stereocenters. The molecular formula is C25H35N. The zero-order valence-electron chi connectivity index (χ0n) is 17.3. The first kappa shape index (κ1) is 17.9. The van der Waals surface area contributed by atoms with Gasteiger partial charge in [0.1, 0.15) is 0 Å². The van der Waals surface area contributed by atoms with Gasteiger partial charge in [0.2, 0.25) is 0 Å². The van der Waals surface area contributed by atoms with Gasteiger partial charge in [0, 0.05) is 18.7 Å². The summed E-state index contributed by atoms with van der Waals surface area (Å²) in [6.07, 6.45) is 16.3. The summed E-state index contributed by atoms with van der Waals surface area (Å²) in [5, 5.41) is 0. The van der Waals surface area contributed by atoms with E-state index in [1.165, 1.54) is 37.8 Å². The predicted molar refractivity (Wildman–Crippen MR) is 113 cm³/mol. The maximum atomic E-state index is 2.56. The van der Waals surface area contributed by atoms with Crippen LogP contribution in [0.1, 0.15) is 76.8 Å². The van der Waals surface area contributed by atoms with E-state index in [0.717, 1.165) is 5.92 Å². The molecule has 1 aliphatic heterocycles. The molecule has 26 heavy (non-hydrogen) atoms. The molecule has 0 amide bonds. The van der Waals surface area contributed by atoms with Crippen molar-refractivity contribution in [3.8, 4) is 0 Å². The lowest BCUT2D eigenvalue weighted by Crippen LogP contribution is -2.47. The third-order valence-corrected chi connectivity index (χ3v) is 8.12. The van der Waals surface area contributed by atoms with Gasteiger partial charge in [-0.15, -0.1) is 0 Å². The van der Waals surface area contributed by atoms with E-state index in [4.69, 9.17) is 0 Å². The molecule has 0 aromatic heterocycles. The van der Waals surface area contributed by atoms with Crippen molar-refractivity contribution in [1.82, 2.24) is 0 Å². The molecule has 1 aromatic rings. The molecule has 4 rings (SSSR count). The van der Waals surface area contributed by atoms with Crippen LogP contribution in [-0.4, -0.2) is 13.1 Å². The van der Waals surface area contributed by atoms with Crippen LogP contribution in [0.15, 0.2) is 42.5 Å². The molecule has 0 N–H and O–H groups in total. The number of hydrogen-bond acceptors (Lipinski definition) is 1. The summed E-state index contributed by atoms with van der Waals surface area (Å²) in [6.45, 7) is 9.99. The minimum atomic E-state index is 0.125. The number of rotatable bonds is 1. The first-order valence-electron chi connectivity index (χ1n) is 10.6. The number of fused-ring (bicyclic) bond motifs is 2. The SMILES string of the molecule is CN1c2cccc(C3CCCCC3)c2C(C)(C)C(C)(C)C2C=CC=CC21. The van der Waals surface area contributed by atoms with Gasteiger partial charge in [-0.2, -0.15) is 0 Å². The lowest BCUT2D eigenvalue weighted by atomic mass is 9.56. The standard InChI is InChI=1S/C25H35N/c1-24(2)20-15-9-10-16-21(20)26(5)22-17-11-14-19(23(22)25(24,3)4)18-12-7-6-8-13-18/h9-11,14-18,20-21H,6-8,12-13H2,1-5H3. The number of hydrogen-bond donors (Lipinski definition) is 0. The fourth-order valence-corrected chi connectivity index (χ4v) is 5.82. The highest BCUT2D eigenvalue weighted by molar-refractivity contribution is 5.64. The quantitative estimate of drug-likeness (QED) is 0.552. The summed E-state index contributed by atoms with van der Waals surface area (Å²) < 4.78 is 0. The Morgan fingerprint density at radius 2 is 1.62 bits per heavy atom. The highest BCUT2D eigenvalue weighted by atomic mass is 15.1. The number of benzene rings is 1. The van der Waals surface area contributed by atoms with Crippen molar-refractivity contribution in [3.05, 3.63) is 53.6 Å². The second kappa shape index (κ2) is 6.29. The molecule has 2 atom stereocenters. The van der Waals surface area contributed by atoms with E-state index in [1.54, 1.807) is 11.1 Å². The van der Waals surface area contributed by atoms with E-state index in [0.29, 0.717) is 12.0 Å². The van der Waals surface area contributed by atoms with Gasteiger partial charge in [-0.25, -0.2) is 0 Å². The monoisotopic (exact) mass is 349 g/mol. The van der Waals surface area contributed by atoms with Gasteiger partial charge in [-0.1, -0.05) is 83.4 Å². The van der Waals surface area contributed by atoms with Crippen LogP contribution < -0.4 is 4.90 Å². The Balaban J connectivity index is 1.93. The van der Waals surface area contributed by atoms with Gasteiger partial charge in [-0.3, -0.25) is 0 Å². The summed E-state index contributed by atoms with van der Waals surface area (Å²) in [6, 6.07) is 7.57. The zero-order valence-corrected chi connectivity index (χ0v) is 17.3. The Morgan fingerprint density at radius 1 is 0.923 bits per heavy atom. The molecule has 1 nitrogen and oxygen atoms in total. The fraction of sp³-hybridized carbons (Fsp3) is 0.600. The molecule has 1 fully saturated rings. The largest absolute Gasteiger partial charge is 0.367 e. The lowest BCUT2D eigenvalue weighted by molar-refractivity contribution is 0.128. The zero-order chi connectivity index (χ0) is 18.5. The topological polar surface area (TPSA) is 3.24 Å². The molecule has 3 aliphatic rings. The lowest BCUT2D eigenvalue weighted by Gasteiger charge is -2.48. The van der Waals surface area contributed by atoms with E-state index in [9.17, 15) is 0 Å². The van der Waals surface area contributed by atoms with Crippen LogP contribution >= 0.6 is 0 Å². The Kier molecular flexibility index (Phi) is 4.33. The van der Waals surface area contributed by atoms with E-state index in [2.05, 4.69) is 82.1 Å². The van der Waals surface area contributed by atoms with Gasteiger partial charge in [0.15, 0.2) is 0 Å². The molecule has 0 bridgehead atoms. The summed E-state index contributed by atoms with van der Waals surface area (Å²) in [7, 11) is 2.31. The summed E-state index contributed by atoms with van der Waals surface area (Å²) >= 11 is 0. The molecule has 2 aliphatic carbocycles. The van der Waals surface area contributed by atoms with Gasteiger partial charge in [0.05, 0.1) is 6.04 Å². The Bertz CT molecular complexity index is 731. The first-order chi connectivity index (χ1) is 12.4. The number of likely N-dealkylation sites (N-methyl/N-ethyl adjacent to an activating group) is 1. The van der Waals surface area contributed by atoms with Crippen molar-refractivity contribution in [2.75, 3.05) is 11.9 Å². The van der Waals surface area contributed by atoms with Crippen LogP contribution in [0.5, 0.6) is 0 Å². The third kappa shape index (κ3) is 2.50. The van der Waals surface area contributed by atoms with Gasteiger partial charge < -0.3 is 4.90 Å². The van der Waals surface area contributed by atoms with Crippen molar-refractivity contribution in [3.63, 3.8) is 0 Å². The Hall–Kier alpha value is -1.50. The second-order valence-corrected chi connectivity index (χ2v) is 9.82. The van der Waals surface area contributed by atoms with Crippen LogP contribution in [0.3, 0.4) is 0 Å². The van der Waals surface area contributed by atoms with Crippen molar-refractivity contribution in [2.45, 2.75) is 77.2 Å². The minimum Gasteiger partial charge on any atom is -0.367 e. The molecule has 140 valence electrons. The molecule has 0 radical (unpaired) electrons. The Labute approximate surface area is 160 Å². The molecule has 0 spiro atoms. The minimum absolute atomic E-state index is 0.125. The van der Waals surface area contributed by atoms with Crippen LogP contribution in [0.25, 0.3) is 0 Å². The van der Waals surface area contributed by atoms with Gasteiger partial charge in [-0.05, 0) is 46.8 Å². The fourth-order valence-electron chi connectivity index (χ4n) is 5.82. The molecule has 1 aromatic carbocycles. The summed E-state index contributed by atoms with van der Waals surface area (Å²) in [5.74, 6) is 1.27. The van der Waals surface area contributed by atoms with Gasteiger partial charge >= 0.3 is 0 Å². The van der Waals surface area contributed by atoms with Crippen molar-refractivity contribution in [2.24, 2.45) is 11.3 Å². The molecule has 0 saturated heterocycles. The third-order valence-electron chi connectivity index (χ3n) is 8.12. The van der Waals surface area contributed by atoms with E-state index >= 15 is 0 Å². The number of nitrogens with zero attached hydrogens (tertiary/aromatic N) is 1. The van der Waals surface area contributed by atoms with Crippen LogP contribution in [0.2, 0.25) is 0 Å². The molecule has 1 saturated carbocycles. The van der Waals surface area contributed by atoms with Crippen LogP contribution in [0.4, 0.5) is 5.69 Å². The molecule has 1 heteroatoms. The normalized spacial score (nSPS) is 29.8. The summed E-state index contributed by atoms with van der Waals surface area (Å²) in [4.78, 5) is 2.56. The van der Waals surface area contributed by atoms with Crippen LogP contribution in [-0.2, 0) is 5.41 Å². The van der Waals surface area contributed by atoms with E-state index in [1.807, 2.05) is 0 Å². The van der Waals surface area contributed by atoms with Crippen molar-refractivity contribution >= 4 is 5.69 Å². The van der Waals surface area contributed by atoms with Crippen LogP contribution in [0, 0.1) is 11.3 Å². The summed E-state index contributed by atoms with van der Waals surface area (Å²) in [5.41, 5.74) is 5.02. The molecule has 1 heterocycles.